The molecule has 0 amide bonds. The maximum Gasteiger partial charge on any atom is 0.481 e. The molecule has 0 saturated heterocycles. The Bertz CT molecular complexity index is 1080. The summed E-state index contributed by atoms with van der Waals surface area (Å²) in [5.74, 6) is -0.386. The van der Waals surface area contributed by atoms with E-state index in [4.69, 9.17) is 27.1 Å². The molecule has 0 aliphatic heterocycles. The minimum absolute atomic E-state index is 0.0352. The van der Waals surface area contributed by atoms with Gasteiger partial charge in [0.1, 0.15) is 11.6 Å². The first kappa shape index (κ1) is 21.1. The van der Waals surface area contributed by atoms with E-state index in [0.29, 0.717) is 6.42 Å². The summed E-state index contributed by atoms with van der Waals surface area (Å²) in [6.07, 6.45) is -1.03. The Kier molecular flexibility index (Phi) is 4.84. The number of nitrogens with zero attached hydrogens (tertiary/aromatic N) is 4. The molecule has 0 bridgehead atoms. The number of rotatable bonds is 6. The van der Waals surface area contributed by atoms with Crippen molar-refractivity contribution in [1.29, 1.82) is 0 Å². The van der Waals surface area contributed by atoms with Gasteiger partial charge in [0.2, 0.25) is 5.28 Å². The number of hydrogen-bond acceptors (Lipinski definition) is 10. The summed E-state index contributed by atoms with van der Waals surface area (Å²) in [5, 5.41) is 21.0. The van der Waals surface area contributed by atoms with E-state index in [-0.39, 0.29) is 22.3 Å². The Hall–Kier alpha value is -1.18. The molecule has 14 nitrogen and oxygen atoms in total. The first-order valence-electron chi connectivity index (χ1n) is 8.10. The Morgan fingerprint density at radius 1 is 1.31 bits per heavy atom. The van der Waals surface area contributed by atoms with Crippen molar-refractivity contribution in [3.05, 3.63) is 11.6 Å². The molecule has 160 valence electrons. The molecule has 0 aromatic carbocycles. The predicted octanol–water partition coefficient (Wildman–Crippen LogP) is -0.429. The number of aliphatic hydroxyl groups is 2. The summed E-state index contributed by atoms with van der Waals surface area (Å²) in [7, 11) is -10.4. The molecule has 2 aliphatic rings. The molecule has 2 heterocycles. The molecule has 6 unspecified atom stereocenters. The van der Waals surface area contributed by atoms with Gasteiger partial charge in [-0.25, -0.2) is 14.1 Å². The summed E-state index contributed by atoms with van der Waals surface area (Å²) in [5.41, 5.74) is 5.13. The second-order valence-corrected chi connectivity index (χ2v) is 10.2. The molecule has 2 aromatic heterocycles. The number of fused-ring (bicyclic) bond motifs is 2. The highest BCUT2D eigenvalue weighted by Crippen LogP contribution is 2.69. The van der Waals surface area contributed by atoms with Gasteiger partial charge >= 0.3 is 15.6 Å². The monoisotopic (exact) mass is 471 g/mol. The van der Waals surface area contributed by atoms with Gasteiger partial charge in [0.15, 0.2) is 11.5 Å². The lowest BCUT2D eigenvalue weighted by molar-refractivity contribution is -0.0297. The van der Waals surface area contributed by atoms with Crippen LogP contribution in [0.3, 0.4) is 0 Å². The molecule has 29 heavy (non-hydrogen) atoms. The fourth-order valence-electron chi connectivity index (χ4n) is 4.01. The summed E-state index contributed by atoms with van der Waals surface area (Å²) >= 11 is 5.84. The minimum atomic E-state index is -5.27. The molecule has 17 heteroatoms. The van der Waals surface area contributed by atoms with Gasteiger partial charge in [0.05, 0.1) is 25.1 Å². The fourth-order valence-corrected chi connectivity index (χ4v) is 5.85. The van der Waals surface area contributed by atoms with Crippen LogP contribution in [-0.2, 0) is 18.0 Å². The van der Waals surface area contributed by atoms with Crippen LogP contribution in [0.25, 0.3) is 11.2 Å². The summed E-state index contributed by atoms with van der Waals surface area (Å²) in [6.45, 7) is -0.579. The van der Waals surface area contributed by atoms with E-state index in [9.17, 15) is 24.2 Å². The second kappa shape index (κ2) is 6.66. The Balaban J connectivity index is 1.59. The summed E-state index contributed by atoms with van der Waals surface area (Å²) < 4.78 is 32.4. The van der Waals surface area contributed by atoms with E-state index in [2.05, 4.69) is 23.8 Å². The van der Waals surface area contributed by atoms with E-state index < -0.39 is 51.8 Å². The first-order valence-corrected chi connectivity index (χ1v) is 11.5. The van der Waals surface area contributed by atoms with Crippen LogP contribution in [0.4, 0.5) is 5.82 Å². The van der Waals surface area contributed by atoms with E-state index in [0.717, 1.165) is 0 Å². The van der Waals surface area contributed by atoms with Gasteiger partial charge in [0, 0.05) is 5.41 Å². The van der Waals surface area contributed by atoms with Crippen LogP contribution in [-0.4, -0.2) is 63.2 Å². The maximum absolute atomic E-state index is 11.7. The second-order valence-electron chi connectivity index (χ2n) is 6.99. The van der Waals surface area contributed by atoms with Crippen molar-refractivity contribution in [3.8, 4) is 0 Å². The van der Waals surface area contributed by atoms with Crippen LogP contribution >= 0.6 is 27.2 Å². The average Bonchev–Trinajstić information content (AvgIpc) is 3.07. The van der Waals surface area contributed by atoms with E-state index in [1.807, 2.05) is 0 Å². The Morgan fingerprint density at radius 3 is 2.66 bits per heavy atom. The Morgan fingerprint density at radius 2 is 2.00 bits per heavy atom. The summed E-state index contributed by atoms with van der Waals surface area (Å²) in [4.78, 5) is 38.8. The number of halogens is 1. The highest BCUT2D eigenvalue weighted by molar-refractivity contribution is 7.60. The Labute approximate surface area is 167 Å². The third-order valence-corrected chi connectivity index (χ3v) is 7.60. The van der Waals surface area contributed by atoms with Gasteiger partial charge in [-0.15, -0.1) is 0 Å². The van der Waals surface area contributed by atoms with Crippen molar-refractivity contribution in [1.82, 2.24) is 19.5 Å². The molecule has 2 saturated carbocycles. The molecular weight excluding hydrogens is 456 g/mol. The van der Waals surface area contributed by atoms with E-state index in [1.165, 1.54) is 10.9 Å². The zero-order valence-corrected chi connectivity index (χ0v) is 16.9. The third-order valence-electron chi connectivity index (χ3n) is 5.30. The van der Waals surface area contributed by atoms with Gasteiger partial charge < -0.3 is 35.2 Å². The topological polar surface area (TPSA) is 223 Å². The van der Waals surface area contributed by atoms with E-state index in [1.54, 1.807) is 0 Å². The molecule has 4 rings (SSSR count). The lowest BCUT2D eigenvalue weighted by atomic mass is 10.0. The van der Waals surface area contributed by atoms with Gasteiger partial charge in [-0.05, 0) is 23.9 Å². The van der Waals surface area contributed by atoms with Crippen molar-refractivity contribution >= 4 is 44.2 Å². The summed E-state index contributed by atoms with van der Waals surface area (Å²) in [6, 6.07) is -0.732. The van der Waals surface area contributed by atoms with Crippen LogP contribution in [0.2, 0.25) is 5.28 Å². The number of phosphoric acid groups is 2. The van der Waals surface area contributed by atoms with Gasteiger partial charge in [-0.1, -0.05) is 0 Å². The van der Waals surface area contributed by atoms with Crippen LogP contribution < -0.4 is 5.73 Å². The van der Waals surface area contributed by atoms with Crippen LogP contribution in [0.1, 0.15) is 12.5 Å². The number of nitrogens with two attached hydrogens (primary N) is 1. The fraction of sp³-hybridized carbons (Fsp3) is 0.583. The lowest BCUT2D eigenvalue weighted by Crippen LogP contribution is -2.35. The number of hydrogen-bond donors (Lipinski definition) is 6. The number of aliphatic hydroxyl groups excluding tert-OH is 2. The molecule has 0 radical (unpaired) electrons. The van der Waals surface area contributed by atoms with Crippen LogP contribution in [0.15, 0.2) is 6.33 Å². The third kappa shape index (κ3) is 3.59. The average molecular weight is 472 g/mol. The quantitative estimate of drug-likeness (QED) is 0.232. The van der Waals surface area contributed by atoms with Gasteiger partial charge in [-0.3, -0.25) is 4.52 Å². The van der Waals surface area contributed by atoms with Crippen LogP contribution in [0, 0.1) is 11.3 Å². The zero-order valence-electron chi connectivity index (χ0n) is 14.3. The molecule has 2 aromatic rings. The number of nitrogen functional groups attached to an aromatic ring is 1. The van der Waals surface area contributed by atoms with E-state index >= 15 is 0 Å². The van der Waals surface area contributed by atoms with Crippen molar-refractivity contribution in [2.24, 2.45) is 11.3 Å². The van der Waals surface area contributed by atoms with Crippen molar-refractivity contribution in [3.63, 3.8) is 0 Å². The number of aromatic nitrogens is 4. The molecule has 2 aliphatic carbocycles. The van der Waals surface area contributed by atoms with Crippen LogP contribution in [0.5, 0.6) is 0 Å². The maximum atomic E-state index is 11.7. The minimum Gasteiger partial charge on any atom is -0.390 e. The highest BCUT2D eigenvalue weighted by atomic mass is 35.5. The first-order chi connectivity index (χ1) is 13.3. The smallest absolute Gasteiger partial charge is 0.390 e. The van der Waals surface area contributed by atoms with Crippen molar-refractivity contribution < 1.29 is 42.9 Å². The van der Waals surface area contributed by atoms with Crippen molar-refractivity contribution in [2.75, 3.05) is 12.3 Å². The zero-order chi connectivity index (χ0) is 21.4. The van der Waals surface area contributed by atoms with Gasteiger partial charge in [0.25, 0.3) is 0 Å². The number of phosphoric ester groups is 1. The van der Waals surface area contributed by atoms with Crippen molar-refractivity contribution in [2.45, 2.75) is 24.7 Å². The largest absolute Gasteiger partial charge is 0.481 e. The number of anilines is 1. The molecular formula is C12H16ClN5O9P2. The normalized spacial score (nSPS) is 33.6. The lowest BCUT2D eigenvalue weighted by Gasteiger charge is -2.24. The number of imidazole rings is 1. The SMILES string of the molecule is Nc1nc(Cl)nc2c1ncn2C1C(O)C(O)C2(COP(=O)(O)OP(=O)(O)O)CC12. The van der Waals surface area contributed by atoms with Gasteiger partial charge in [-0.2, -0.15) is 14.3 Å². The highest BCUT2D eigenvalue weighted by Gasteiger charge is 2.72. The molecule has 0 spiro atoms. The standard InChI is InChI=1S/C12H16ClN5O9P2/c13-11-16-9(14)5-10(17-11)18(3-15-5)6-4-1-12(4,8(20)7(6)19)2-26-29(24,25)27-28(21,22)23/h3-4,6-8,19-20H,1-2H2,(H,24,25)(H2,14,16,17)(H2,21,22,23). The molecule has 7 N–H and O–H groups in total. The molecule has 6 atom stereocenters. The predicted molar refractivity (Wildman–Crippen MR) is 95.2 cm³/mol. The molecule has 2 fully saturated rings.